The topological polar surface area (TPSA) is 108 Å². The summed E-state index contributed by atoms with van der Waals surface area (Å²) < 4.78 is 0. The lowest BCUT2D eigenvalue weighted by Gasteiger charge is -2.37. The number of piperidine rings is 1. The van der Waals surface area contributed by atoms with Crippen LogP contribution in [0.5, 0.6) is 0 Å². The molecule has 8 nitrogen and oxygen atoms in total. The molecule has 0 unspecified atom stereocenters. The molecular weight excluding hydrogens is 466 g/mol. The summed E-state index contributed by atoms with van der Waals surface area (Å²) in [5, 5.41) is 5.90. The summed E-state index contributed by atoms with van der Waals surface area (Å²) in [7, 11) is 1.99. The molecule has 0 aromatic heterocycles. The summed E-state index contributed by atoms with van der Waals surface area (Å²) in [5.41, 5.74) is 9.47. The van der Waals surface area contributed by atoms with Crippen molar-refractivity contribution in [1.82, 2.24) is 15.1 Å². The third-order valence-corrected chi connectivity index (χ3v) is 6.26. The van der Waals surface area contributed by atoms with E-state index >= 15 is 0 Å². The van der Waals surface area contributed by atoms with E-state index in [0.29, 0.717) is 5.56 Å². The molecule has 8 heteroatoms. The fraction of sp³-hybridized carbons (Fsp3) is 0.414. The van der Waals surface area contributed by atoms with Crippen LogP contribution in [0.4, 0.5) is 10.5 Å². The van der Waals surface area contributed by atoms with Crippen LogP contribution < -0.4 is 16.4 Å². The Bertz CT molecular complexity index is 1030. The predicted octanol–water partition coefficient (Wildman–Crippen LogP) is 4.49. The zero-order chi connectivity index (χ0) is 27.2. The molecule has 1 heterocycles. The van der Waals surface area contributed by atoms with Gasteiger partial charge in [0.15, 0.2) is 0 Å². The SMILES string of the molecule is C=C(C)N(C(N)=O)C1CCN(CCCCNC)CC1.CC(=O)Nc1cccc(-c2cccc(C=O)c2)c1. The third-order valence-electron chi connectivity index (χ3n) is 6.26. The second-order valence-electron chi connectivity index (χ2n) is 9.33. The largest absolute Gasteiger partial charge is 0.351 e. The Labute approximate surface area is 220 Å². The van der Waals surface area contributed by atoms with E-state index in [4.69, 9.17) is 5.73 Å². The third kappa shape index (κ3) is 10.2. The van der Waals surface area contributed by atoms with E-state index in [1.54, 1.807) is 11.0 Å². The molecule has 0 radical (unpaired) electrons. The summed E-state index contributed by atoms with van der Waals surface area (Å²) in [6.45, 7) is 11.5. The number of carbonyl (C=O) groups is 3. The Morgan fingerprint density at radius 2 is 1.73 bits per heavy atom. The fourth-order valence-corrected chi connectivity index (χ4v) is 4.49. The van der Waals surface area contributed by atoms with Crippen LogP contribution >= 0.6 is 0 Å². The fourth-order valence-electron chi connectivity index (χ4n) is 4.49. The van der Waals surface area contributed by atoms with Crippen LogP contribution in [0.3, 0.4) is 0 Å². The van der Waals surface area contributed by atoms with Crippen LogP contribution in [0, 0.1) is 0 Å². The van der Waals surface area contributed by atoms with Crippen LogP contribution in [-0.4, -0.2) is 67.3 Å². The minimum Gasteiger partial charge on any atom is -0.351 e. The number of nitrogens with one attached hydrogen (secondary N) is 2. The van der Waals surface area contributed by atoms with Crippen molar-refractivity contribution in [2.24, 2.45) is 5.73 Å². The van der Waals surface area contributed by atoms with Gasteiger partial charge < -0.3 is 21.3 Å². The van der Waals surface area contributed by atoms with Gasteiger partial charge in [-0.15, -0.1) is 0 Å². The zero-order valence-corrected chi connectivity index (χ0v) is 22.3. The number of benzene rings is 2. The normalized spacial score (nSPS) is 13.7. The summed E-state index contributed by atoms with van der Waals surface area (Å²) in [6, 6.07) is 14.7. The molecule has 1 aliphatic rings. The van der Waals surface area contributed by atoms with Crippen molar-refractivity contribution < 1.29 is 14.4 Å². The molecule has 0 bridgehead atoms. The standard InChI is InChI=1S/C15H13NO2.C14H28N4O/c1-11(18)16-15-7-3-6-14(9-15)13-5-2-4-12(8-13)10-17;1-12(2)18(14(15)19)13-6-10-17(11-7-13)9-5-4-8-16-3/h2-10H,1H3,(H,16,18);13,16H,1,4-11H2,2-3H3,(H2,15,19). The van der Waals surface area contributed by atoms with E-state index in [9.17, 15) is 14.4 Å². The lowest BCUT2D eigenvalue weighted by Crippen LogP contribution is -2.48. The highest BCUT2D eigenvalue weighted by atomic mass is 16.2. The van der Waals surface area contributed by atoms with Crippen molar-refractivity contribution >= 4 is 23.9 Å². The molecule has 1 saturated heterocycles. The van der Waals surface area contributed by atoms with Gasteiger partial charge in [-0.1, -0.05) is 36.9 Å². The van der Waals surface area contributed by atoms with Gasteiger partial charge in [-0.05, 0) is 82.1 Å². The minimum absolute atomic E-state index is 0.103. The molecule has 1 fully saturated rings. The van der Waals surface area contributed by atoms with Gasteiger partial charge in [0.1, 0.15) is 6.29 Å². The molecule has 0 saturated carbocycles. The Morgan fingerprint density at radius 3 is 2.30 bits per heavy atom. The number of amides is 3. The number of urea groups is 1. The van der Waals surface area contributed by atoms with Crippen LogP contribution in [0.25, 0.3) is 11.1 Å². The van der Waals surface area contributed by atoms with Gasteiger partial charge in [-0.2, -0.15) is 0 Å². The monoisotopic (exact) mass is 507 g/mol. The average molecular weight is 508 g/mol. The number of nitrogens with two attached hydrogens (primary N) is 1. The van der Waals surface area contributed by atoms with Crippen LogP contribution in [0.1, 0.15) is 49.9 Å². The molecule has 3 amide bonds. The second-order valence-corrected chi connectivity index (χ2v) is 9.33. The first kappa shape index (κ1) is 29.7. The molecule has 0 aliphatic carbocycles. The number of allylic oxidation sites excluding steroid dienone is 1. The summed E-state index contributed by atoms with van der Waals surface area (Å²) in [5.74, 6) is -0.103. The Hall–Kier alpha value is -3.49. The summed E-state index contributed by atoms with van der Waals surface area (Å²) >= 11 is 0. The van der Waals surface area contributed by atoms with Crippen molar-refractivity contribution in [1.29, 1.82) is 0 Å². The second kappa shape index (κ2) is 15.6. The molecule has 0 spiro atoms. The number of unbranched alkanes of at least 4 members (excludes halogenated alkanes) is 1. The maximum absolute atomic E-state index is 11.4. The van der Waals surface area contributed by atoms with E-state index in [1.165, 1.54) is 19.8 Å². The Morgan fingerprint density at radius 1 is 1.08 bits per heavy atom. The van der Waals surface area contributed by atoms with Gasteiger partial charge in [0.05, 0.1) is 0 Å². The lowest BCUT2D eigenvalue weighted by atomic mass is 10.0. The zero-order valence-electron chi connectivity index (χ0n) is 22.3. The number of aldehydes is 1. The van der Waals surface area contributed by atoms with E-state index < -0.39 is 0 Å². The number of likely N-dealkylation sites (tertiary alicyclic amines) is 1. The minimum atomic E-state index is -0.375. The smallest absolute Gasteiger partial charge is 0.319 e. The quantitative estimate of drug-likeness (QED) is 0.324. The van der Waals surface area contributed by atoms with Crippen molar-refractivity contribution in [3.05, 3.63) is 66.4 Å². The molecular formula is C29H41N5O3. The molecule has 37 heavy (non-hydrogen) atoms. The molecule has 2 aromatic rings. The number of primary amides is 1. The highest BCUT2D eigenvalue weighted by Crippen LogP contribution is 2.23. The van der Waals surface area contributed by atoms with Crippen LogP contribution in [-0.2, 0) is 4.79 Å². The maximum Gasteiger partial charge on any atom is 0.319 e. The number of nitrogens with zero attached hydrogens (tertiary/aromatic N) is 2. The number of anilines is 1. The summed E-state index contributed by atoms with van der Waals surface area (Å²) in [6.07, 6.45) is 5.24. The van der Waals surface area contributed by atoms with Crippen molar-refractivity contribution in [2.45, 2.75) is 45.6 Å². The van der Waals surface area contributed by atoms with Crippen molar-refractivity contribution in [3.8, 4) is 11.1 Å². The first-order chi connectivity index (χ1) is 17.7. The van der Waals surface area contributed by atoms with E-state index in [-0.39, 0.29) is 18.0 Å². The molecule has 2 aromatic carbocycles. The van der Waals surface area contributed by atoms with Crippen LogP contribution in [0.15, 0.2) is 60.8 Å². The molecule has 1 aliphatic heterocycles. The van der Waals surface area contributed by atoms with Crippen LogP contribution in [0.2, 0.25) is 0 Å². The molecule has 4 N–H and O–H groups in total. The van der Waals surface area contributed by atoms with Gasteiger partial charge in [-0.3, -0.25) is 14.5 Å². The van der Waals surface area contributed by atoms with Gasteiger partial charge in [0.2, 0.25) is 5.91 Å². The van der Waals surface area contributed by atoms with E-state index in [2.05, 4.69) is 22.1 Å². The van der Waals surface area contributed by atoms with Gasteiger partial charge in [-0.25, -0.2) is 4.79 Å². The average Bonchev–Trinajstić information content (AvgIpc) is 2.87. The highest BCUT2D eigenvalue weighted by Gasteiger charge is 2.26. The molecule has 3 rings (SSSR count). The Kier molecular flexibility index (Phi) is 12.5. The van der Waals surface area contributed by atoms with E-state index in [0.717, 1.165) is 67.8 Å². The van der Waals surface area contributed by atoms with Gasteiger partial charge in [0, 0.05) is 43.0 Å². The first-order valence-electron chi connectivity index (χ1n) is 12.8. The molecule has 200 valence electrons. The maximum atomic E-state index is 11.4. The number of hydrogen-bond acceptors (Lipinski definition) is 5. The van der Waals surface area contributed by atoms with Crippen molar-refractivity contribution in [2.75, 3.05) is 38.5 Å². The molecule has 0 atom stereocenters. The number of carbonyl (C=O) groups excluding carboxylic acids is 3. The Balaban J connectivity index is 0.000000260. The van der Waals surface area contributed by atoms with Crippen molar-refractivity contribution in [3.63, 3.8) is 0 Å². The summed E-state index contributed by atoms with van der Waals surface area (Å²) in [4.78, 5) is 37.3. The number of rotatable bonds is 10. The highest BCUT2D eigenvalue weighted by molar-refractivity contribution is 5.89. The number of hydrogen-bond donors (Lipinski definition) is 3. The van der Waals surface area contributed by atoms with E-state index in [1.807, 2.05) is 56.4 Å². The first-order valence-corrected chi connectivity index (χ1v) is 12.8. The van der Waals surface area contributed by atoms with Gasteiger partial charge in [0.25, 0.3) is 0 Å². The lowest BCUT2D eigenvalue weighted by molar-refractivity contribution is -0.114. The van der Waals surface area contributed by atoms with Gasteiger partial charge >= 0.3 is 6.03 Å². The predicted molar refractivity (Wildman–Crippen MR) is 150 cm³/mol.